The summed E-state index contributed by atoms with van der Waals surface area (Å²) in [6.07, 6.45) is 7.11. The van der Waals surface area contributed by atoms with Crippen molar-refractivity contribution >= 4 is 36.5 Å². The van der Waals surface area contributed by atoms with E-state index >= 15 is 0 Å². The molecular weight excluding hydrogens is 899 g/mol. The molecule has 0 spiro atoms. The Bertz CT molecular complexity index is 1700. The molecular formula is C47H46N4O6Zr2. The van der Waals surface area contributed by atoms with Gasteiger partial charge >= 0.3 is 52.4 Å². The van der Waals surface area contributed by atoms with Crippen LogP contribution in [0.2, 0.25) is 0 Å². The third-order valence-electron chi connectivity index (χ3n) is 6.96. The van der Waals surface area contributed by atoms with E-state index in [-0.39, 0.29) is 52.4 Å². The maximum absolute atomic E-state index is 9.88. The number of nitrogens with zero attached hydrogens (tertiary/aromatic N) is 4. The Balaban J connectivity index is 0. The first-order valence-corrected chi connectivity index (χ1v) is 17.7. The zero-order valence-electron chi connectivity index (χ0n) is 33.3. The Kier molecular flexibility index (Phi) is 37.4. The van der Waals surface area contributed by atoms with Crippen LogP contribution in [-0.2, 0) is 71.6 Å². The molecule has 6 aromatic carbocycles. The fraction of sp³-hybridized carbons (Fsp3) is 0.149. The first kappa shape index (κ1) is 55.8. The third kappa shape index (κ3) is 29.6. The minimum absolute atomic E-state index is 0. The normalized spacial score (nSPS) is 8.66. The molecule has 0 aliphatic carbocycles. The first-order valence-electron chi connectivity index (χ1n) is 17.7. The Morgan fingerprint density at radius 3 is 0.881 bits per heavy atom. The van der Waals surface area contributed by atoms with Gasteiger partial charge in [-0.2, -0.15) is 75.7 Å². The van der Waals surface area contributed by atoms with Gasteiger partial charge < -0.3 is 40.0 Å². The first-order chi connectivity index (χ1) is 27.9. The zero-order chi connectivity index (χ0) is 41.6. The summed E-state index contributed by atoms with van der Waals surface area (Å²) >= 11 is 0. The van der Waals surface area contributed by atoms with Gasteiger partial charge in [0.25, 0.3) is 0 Å². The average Bonchev–Trinajstić information content (AvgIpc) is 3.29. The summed E-state index contributed by atoms with van der Waals surface area (Å²) in [6.45, 7) is 7.17. The topological polar surface area (TPSA) is 153 Å². The Morgan fingerprint density at radius 1 is 0.441 bits per heavy atom. The van der Waals surface area contributed by atoms with E-state index in [1.807, 2.05) is 60.7 Å². The van der Waals surface area contributed by atoms with Crippen LogP contribution in [0.4, 0.5) is 11.4 Å². The van der Waals surface area contributed by atoms with Gasteiger partial charge in [-0.15, -0.1) is 72.2 Å². The largest absolute Gasteiger partial charge is 3.00 e. The van der Waals surface area contributed by atoms with Crippen LogP contribution in [0.15, 0.2) is 175 Å². The second-order valence-corrected chi connectivity index (χ2v) is 11.2. The van der Waals surface area contributed by atoms with E-state index in [2.05, 4.69) is 52.1 Å². The molecule has 6 rings (SSSR count). The molecule has 0 aliphatic heterocycles. The van der Waals surface area contributed by atoms with E-state index in [0.717, 1.165) is 37.7 Å². The number of aryl methyl sites for hydroxylation is 2. The van der Waals surface area contributed by atoms with Crippen molar-refractivity contribution < 1.29 is 76.3 Å². The fourth-order valence-electron chi connectivity index (χ4n) is 4.10. The van der Waals surface area contributed by atoms with Gasteiger partial charge in [0.2, 0.25) is 0 Å². The molecule has 0 fully saturated rings. The molecule has 0 saturated carbocycles. The standard InChI is InChI=1S/C18H22N2O.4C7H5O.CH4N2O.2Zr/c1-15-7-3-5-9-17(15)19-11-13-21-14-12-20-18-10-6-4-8-16(18)2;4*8-6-7-4-2-1-3-5-7;1-2-3-4;;/h3-10H,11-14H2,1-2H3;4*1-5H;1H3,(H,2,4);;/q-2;4*-1;;2*+3. The molecule has 12 heteroatoms. The van der Waals surface area contributed by atoms with Crippen LogP contribution in [0, 0.1) is 18.8 Å². The minimum Gasteiger partial charge on any atom is -0.678 e. The summed E-state index contributed by atoms with van der Waals surface area (Å²) in [6, 6.07) is 52.0. The molecule has 6 aromatic rings. The number of carbonyl (C=O) groups excluding carboxylic acids is 4. The van der Waals surface area contributed by atoms with E-state index in [4.69, 9.17) is 4.91 Å². The van der Waals surface area contributed by atoms with Gasteiger partial charge in [-0.3, -0.25) is 0 Å². The summed E-state index contributed by atoms with van der Waals surface area (Å²) < 4.78 is 4.47. The van der Waals surface area contributed by atoms with E-state index < -0.39 is 0 Å². The molecule has 10 nitrogen and oxygen atoms in total. The maximum Gasteiger partial charge on any atom is 3.00 e. The summed E-state index contributed by atoms with van der Waals surface area (Å²) in [4.78, 5) is 48.3. The quantitative estimate of drug-likeness (QED) is 0.0371. The number of nitroso groups, excluding NO2 is 1. The molecule has 0 unspecified atom stereocenters. The number of aliphatic hydroxyl groups is 2. The van der Waals surface area contributed by atoms with Crippen molar-refractivity contribution in [3.8, 4) is 0 Å². The molecule has 1 N–H and O–H groups in total. The molecule has 59 heavy (non-hydrogen) atoms. The summed E-state index contributed by atoms with van der Waals surface area (Å²) in [5.74, 6) is 0. The van der Waals surface area contributed by atoms with Gasteiger partial charge in [-0.25, -0.2) is 0 Å². The number of rotatable bonds is 13. The second kappa shape index (κ2) is 39.5. The van der Waals surface area contributed by atoms with Gasteiger partial charge in [-0.05, 0) is 13.8 Å². The monoisotopic (exact) mass is 942 g/mol. The van der Waals surface area contributed by atoms with E-state index in [1.165, 1.54) is 18.2 Å². The fourth-order valence-corrected chi connectivity index (χ4v) is 4.10. The van der Waals surface area contributed by atoms with Crippen molar-refractivity contribution in [3.63, 3.8) is 0 Å². The van der Waals surface area contributed by atoms with Gasteiger partial charge in [-0.1, -0.05) is 97.0 Å². The smallest absolute Gasteiger partial charge is 0.678 e. The Labute approximate surface area is 386 Å². The predicted molar refractivity (Wildman–Crippen MR) is 230 cm³/mol. The van der Waals surface area contributed by atoms with E-state index in [0.29, 0.717) is 22.3 Å². The molecule has 298 valence electrons. The van der Waals surface area contributed by atoms with Crippen molar-refractivity contribution in [2.45, 2.75) is 13.8 Å². The summed E-state index contributed by atoms with van der Waals surface area (Å²) in [5.41, 5.74) is 9.79. The number of hydrogen-bond acceptors (Lipinski definition) is 6. The van der Waals surface area contributed by atoms with Crippen LogP contribution in [0.3, 0.4) is 0 Å². The Hall–Kier alpha value is -5.27. The van der Waals surface area contributed by atoms with Crippen LogP contribution >= 0.6 is 0 Å². The molecule has 0 aliphatic rings. The molecule has 0 aromatic heterocycles. The van der Waals surface area contributed by atoms with Crippen LogP contribution < -0.4 is 0 Å². The number of benzene rings is 6. The predicted octanol–water partition coefficient (Wildman–Crippen LogP) is 9.79. The molecule has 0 amide bonds. The maximum atomic E-state index is 9.88. The van der Waals surface area contributed by atoms with Gasteiger partial charge in [0, 0.05) is 0 Å². The van der Waals surface area contributed by atoms with Crippen molar-refractivity contribution in [2.75, 3.05) is 33.4 Å². The molecule has 0 heterocycles. The van der Waals surface area contributed by atoms with Crippen molar-refractivity contribution in [1.29, 1.82) is 0 Å². The number of hydrogen-bond donors (Lipinski definition) is 0. The van der Waals surface area contributed by atoms with Crippen molar-refractivity contribution in [2.24, 2.45) is 5.29 Å². The third-order valence-corrected chi connectivity index (χ3v) is 6.96. The summed E-state index contributed by atoms with van der Waals surface area (Å²) in [7, 11) is 1.33. The van der Waals surface area contributed by atoms with Crippen LogP contribution in [0.5, 0.6) is 0 Å². The number of ether oxygens (including phenoxy) is 1. The number of para-hydroxylation sites is 2. The van der Waals surface area contributed by atoms with Crippen LogP contribution in [0.1, 0.15) is 33.4 Å². The van der Waals surface area contributed by atoms with Crippen molar-refractivity contribution in [3.05, 3.63) is 224 Å². The van der Waals surface area contributed by atoms with Crippen molar-refractivity contribution in [1.82, 2.24) is 0 Å². The van der Waals surface area contributed by atoms with Gasteiger partial charge in [0.15, 0.2) is 0 Å². The van der Waals surface area contributed by atoms with Gasteiger partial charge in [0.05, 0.1) is 25.1 Å². The van der Waals surface area contributed by atoms with Gasteiger partial charge in [0.1, 0.15) is 13.2 Å². The van der Waals surface area contributed by atoms with E-state index in [1.54, 1.807) is 122 Å². The molecule has 0 atom stereocenters. The molecule has 2 radical (unpaired) electrons. The molecule has 0 saturated heterocycles. The minimum atomic E-state index is 0. The van der Waals surface area contributed by atoms with Crippen LogP contribution in [0.25, 0.3) is 16.1 Å². The SMILES string of the molecule is C[N-]N=O.Cc1ccccc1[N-]CC[OH+]CC[N-]c1ccccc1C.O=[C-]c1ccccc1.O=[C-]c1ccccc1.O=[C-]c1ccccc1.O=[C-]c1ccccc1.[Zr+3].[Zr+3]. The Morgan fingerprint density at radius 2 is 0.678 bits per heavy atom. The van der Waals surface area contributed by atoms with Crippen LogP contribution in [-0.4, -0.2) is 63.2 Å². The average molecular weight is 945 g/mol. The molecule has 0 bridgehead atoms. The summed E-state index contributed by atoms with van der Waals surface area (Å²) in [5, 5.41) is 11.2. The van der Waals surface area contributed by atoms with E-state index in [9.17, 15) is 19.2 Å². The zero-order valence-corrected chi connectivity index (χ0v) is 38.2. The second-order valence-electron chi connectivity index (χ2n) is 11.2.